The van der Waals surface area contributed by atoms with Crippen LogP contribution in [0.15, 0.2) is 183 Å². The molecule has 2 saturated carbocycles. The average Bonchev–Trinajstić information content (AvgIpc) is 1.71. The Morgan fingerprint density at radius 1 is 0.557 bits per heavy atom. The van der Waals surface area contributed by atoms with Gasteiger partial charge in [0, 0.05) is 94.9 Å². The molecule has 6 aromatic rings. The van der Waals surface area contributed by atoms with Crippen LogP contribution in [-0.2, 0) is 71.2 Å². The molecule has 0 spiro atoms. The van der Waals surface area contributed by atoms with Crippen molar-refractivity contribution in [2.75, 3.05) is 103 Å². The first-order valence-electron chi connectivity index (χ1n) is 43.2. The van der Waals surface area contributed by atoms with Gasteiger partial charge in [0.15, 0.2) is 14.7 Å². The van der Waals surface area contributed by atoms with Gasteiger partial charge in [0.2, 0.25) is 10.0 Å². The van der Waals surface area contributed by atoms with Crippen molar-refractivity contribution in [3.05, 3.63) is 190 Å². The SMILES string of the molecule is CC(C)c1cccc(C(C)C)c1N.CCCCCCCCCCCCCCCCCC(=O)OCCN1CCOCC1.CN(C1CCCCC1)C1CCCCC1.CS(=O)(=O)[N-]S(=O)(=O)CCCS(=O)(=O)N1CCN(C2CCOC2=O)CC1.c1ccc(C2=Nc3ccccc3C2)cc1.c1ccc([S+](c2ccccc2)c2ccccc2)cc1. The zero-order valence-corrected chi connectivity index (χ0v) is 73.8. The number of rotatable bonds is 35. The number of nitrogens with two attached hydrogens (primary N) is 1. The number of unbranched alkanes of at least 4 members (excludes halogenated alkanes) is 14. The molecule has 0 amide bonds. The molecule has 115 heavy (non-hydrogen) atoms. The third-order valence-corrected chi connectivity index (χ3v) is 29.2. The summed E-state index contributed by atoms with van der Waals surface area (Å²) in [5.41, 5.74) is 14.5. The fourth-order valence-corrected chi connectivity index (χ4v) is 21.9. The number of aliphatic imine (C=N–C) groups is 1. The number of benzene rings is 6. The van der Waals surface area contributed by atoms with E-state index in [1.165, 1.54) is 195 Å². The number of nitrogens with zero attached hydrogens (tertiary/aromatic N) is 6. The van der Waals surface area contributed by atoms with Crippen LogP contribution in [0.1, 0.15) is 248 Å². The molecule has 0 aromatic heterocycles. The molecule has 6 aliphatic rings. The van der Waals surface area contributed by atoms with Crippen molar-refractivity contribution >= 4 is 70.0 Å². The lowest BCUT2D eigenvalue weighted by Gasteiger charge is -2.39. The lowest BCUT2D eigenvalue weighted by Crippen LogP contribution is -2.53. The molecule has 4 heterocycles. The van der Waals surface area contributed by atoms with Crippen LogP contribution in [0.2, 0.25) is 0 Å². The minimum atomic E-state index is -4.22. The second kappa shape index (κ2) is 53.3. The molecule has 1 atom stereocenters. The number of ether oxygens (including phenoxy) is 3. The molecule has 5 fully saturated rings. The fraction of sp³-hybridized carbons (Fsp3) is 0.581. The van der Waals surface area contributed by atoms with Crippen LogP contribution in [-0.4, -0.2) is 177 Å². The van der Waals surface area contributed by atoms with Crippen LogP contribution in [0.3, 0.4) is 0 Å². The molecule has 0 radical (unpaired) electrons. The third kappa shape index (κ3) is 36.4. The molecule has 636 valence electrons. The molecule has 12 rings (SSSR count). The molecule has 0 bridgehead atoms. The minimum absolute atomic E-state index is 0.0146. The Morgan fingerprint density at radius 3 is 1.47 bits per heavy atom. The summed E-state index contributed by atoms with van der Waals surface area (Å²) in [5, 5.41) is 0. The van der Waals surface area contributed by atoms with E-state index in [-0.39, 0.29) is 48.4 Å². The minimum Gasteiger partial charge on any atom is -0.464 e. The quantitative estimate of drug-likeness (QED) is 0.0169. The van der Waals surface area contributed by atoms with Crippen LogP contribution >= 0.6 is 0 Å². The standard InChI is InChI=1S/C24H47NO3.C18H15S.C14H11N.C13H25N.C12H22N3O8S3.C12H19N/c1-2-3-4-5-6-7-8-9-10-11-12-13-14-15-16-17-24(26)28-23-20-25-18-21-27-22-19-25;1-4-10-16(11-5-1)19(17-12-6-2-7-13-17)18-14-8-3-9-15-18;1-2-6-11(7-3-1)14-10-12-8-4-5-9-13(12)15-14;1-14(12-8-4-2-5-9-12)13-10-6-3-7-11-13;1-24(17,18)13-25(19,20)9-2-10-26(21,22)15-6-4-14(5-7-15)11-3-8-23-12(11)16;1-8(2)10-6-5-7-11(9(3)4)12(10)13/h2-23H2,1H3;1-15H;1-9H,10H2;12-13H,2-11H2,1H3;11H,2-10H2,1H3;5-9H,13H2,1-4H3/q;+1;;;-1;. The maximum absolute atomic E-state index is 12.3. The van der Waals surface area contributed by atoms with E-state index < -0.39 is 41.6 Å². The Hall–Kier alpha value is -6.31. The van der Waals surface area contributed by atoms with Crippen molar-refractivity contribution in [1.29, 1.82) is 0 Å². The number of fused-ring (bicyclic) bond motifs is 1. The number of esters is 2. The van der Waals surface area contributed by atoms with Gasteiger partial charge in [-0.2, -0.15) is 4.31 Å². The maximum Gasteiger partial charge on any atom is 0.323 e. The number of hydrogen-bond donors (Lipinski definition) is 1. The van der Waals surface area contributed by atoms with Crippen LogP contribution in [0.25, 0.3) is 4.13 Å². The summed E-state index contributed by atoms with van der Waals surface area (Å²) in [6.45, 7) is 17.4. The number of nitrogen functional groups attached to an aromatic ring is 1. The summed E-state index contributed by atoms with van der Waals surface area (Å²) in [4.78, 5) is 39.0. The largest absolute Gasteiger partial charge is 0.464 e. The van der Waals surface area contributed by atoms with E-state index in [0.717, 1.165) is 75.6 Å². The van der Waals surface area contributed by atoms with Crippen molar-refractivity contribution in [2.45, 2.75) is 265 Å². The highest BCUT2D eigenvalue weighted by Crippen LogP contribution is 2.34. The zero-order valence-electron chi connectivity index (χ0n) is 70.6. The summed E-state index contributed by atoms with van der Waals surface area (Å²) >= 11 is 0. The lowest BCUT2D eigenvalue weighted by molar-refractivity contribution is -0.144. The van der Waals surface area contributed by atoms with Crippen LogP contribution in [0, 0.1) is 0 Å². The summed E-state index contributed by atoms with van der Waals surface area (Å²) in [7, 11) is -9.59. The zero-order chi connectivity index (χ0) is 82.5. The van der Waals surface area contributed by atoms with Gasteiger partial charge in [-0.15, -0.1) is 0 Å². The summed E-state index contributed by atoms with van der Waals surface area (Å²) in [5.74, 6) is -0.369. The Kier molecular flexibility index (Phi) is 44.4. The summed E-state index contributed by atoms with van der Waals surface area (Å²) in [6, 6.07) is 58.7. The van der Waals surface area contributed by atoms with Gasteiger partial charge in [0.25, 0.3) is 0 Å². The van der Waals surface area contributed by atoms with E-state index in [1.807, 2.05) is 17.0 Å². The topological polar surface area (TPSA) is 230 Å². The molecule has 6 aromatic carbocycles. The van der Waals surface area contributed by atoms with Gasteiger partial charge in [-0.05, 0) is 122 Å². The summed E-state index contributed by atoms with van der Waals surface area (Å²) < 4.78 is 89.0. The molecule has 22 heteroatoms. The maximum atomic E-state index is 12.3. The third-order valence-electron chi connectivity index (χ3n) is 22.2. The first-order chi connectivity index (χ1) is 55.5. The van der Waals surface area contributed by atoms with Crippen molar-refractivity contribution in [3.63, 3.8) is 0 Å². The number of carbonyl (C=O) groups excluding carboxylic acids is 2. The number of carbonyl (C=O) groups is 2. The van der Waals surface area contributed by atoms with Gasteiger partial charge >= 0.3 is 11.9 Å². The molecule has 4 aliphatic heterocycles. The molecular formula is C93H139N7O11S4. The van der Waals surface area contributed by atoms with Gasteiger partial charge in [-0.3, -0.25) is 24.4 Å². The number of anilines is 1. The Morgan fingerprint density at radius 2 is 1.02 bits per heavy atom. The number of cyclic esters (lactones) is 1. The highest BCUT2D eigenvalue weighted by atomic mass is 32.3. The van der Waals surface area contributed by atoms with Crippen LogP contribution < -0.4 is 5.73 Å². The average molecular weight is 1660 g/mol. The highest BCUT2D eigenvalue weighted by molar-refractivity contribution is 8.11. The van der Waals surface area contributed by atoms with Crippen LogP contribution in [0.4, 0.5) is 11.4 Å². The van der Waals surface area contributed by atoms with Gasteiger partial charge in [-0.1, -0.05) is 284 Å². The first-order valence-corrected chi connectivity index (χ1v) is 49.5. The van der Waals surface area contributed by atoms with E-state index in [9.17, 15) is 34.8 Å². The van der Waals surface area contributed by atoms with E-state index in [2.05, 4.69) is 212 Å². The van der Waals surface area contributed by atoms with Gasteiger partial charge in [0.1, 0.15) is 12.6 Å². The van der Waals surface area contributed by atoms with Gasteiger partial charge in [0.05, 0.1) is 67.9 Å². The number of morpholine rings is 1. The molecule has 1 unspecified atom stereocenters. The van der Waals surface area contributed by atoms with Gasteiger partial charge < -0.3 is 29.0 Å². The number of para-hydroxylation sites is 2. The summed E-state index contributed by atoms with van der Waals surface area (Å²) in [6.07, 6.45) is 37.5. The lowest BCUT2D eigenvalue weighted by atomic mass is 9.89. The Bertz CT molecular complexity index is 3920. The number of sulfonamides is 3. The second-order valence-corrected chi connectivity index (χ2v) is 39.7. The predicted molar refractivity (Wildman–Crippen MR) is 475 cm³/mol. The van der Waals surface area contributed by atoms with E-state index >= 15 is 0 Å². The molecule has 3 saturated heterocycles. The predicted octanol–water partition coefficient (Wildman–Crippen LogP) is 19.7. The molecule has 18 nitrogen and oxygen atoms in total. The van der Waals surface area contributed by atoms with Crippen LogP contribution in [0.5, 0.6) is 0 Å². The normalized spacial score (nSPS) is 17.1. The monoisotopic (exact) mass is 1660 g/mol. The van der Waals surface area contributed by atoms with Crippen molar-refractivity contribution in [1.82, 2.24) is 19.0 Å². The van der Waals surface area contributed by atoms with Crippen molar-refractivity contribution in [3.8, 4) is 0 Å². The number of piperazine rings is 1. The van der Waals surface area contributed by atoms with Gasteiger partial charge in [-0.25, -0.2) is 25.3 Å². The molecule has 2 N–H and O–H groups in total. The first kappa shape index (κ1) is 95.8. The van der Waals surface area contributed by atoms with E-state index in [0.29, 0.717) is 57.2 Å². The highest BCUT2D eigenvalue weighted by Gasteiger charge is 2.37. The Balaban J connectivity index is 0.000000195. The molecular weight excluding hydrogens is 1520 g/mol. The van der Waals surface area contributed by atoms with Crippen molar-refractivity contribution in [2.24, 2.45) is 4.99 Å². The second-order valence-electron chi connectivity index (χ2n) is 31.9. The molecule has 2 aliphatic carbocycles. The van der Waals surface area contributed by atoms with Crippen molar-refractivity contribution < 1.29 is 49.1 Å². The van der Waals surface area contributed by atoms with E-state index in [1.54, 1.807) is 0 Å². The smallest absolute Gasteiger partial charge is 0.323 e. The Labute approximate surface area is 696 Å². The fourth-order valence-electron chi connectivity index (χ4n) is 15.6. The van der Waals surface area contributed by atoms with E-state index in [4.69, 9.17) is 19.9 Å². The number of hydrogen-bond acceptors (Lipinski definition) is 16.